The molecule has 2 nitrogen and oxygen atoms in total. The van der Waals surface area contributed by atoms with Crippen molar-refractivity contribution in [2.45, 2.75) is 13.0 Å². The number of halogens is 2. The van der Waals surface area contributed by atoms with Crippen LogP contribution in [0.1, 0.15) is 18.5 Å². The van der Waals surface area contributed by atoms with Crippen LogP contribution < -0.4 is 5.32 Å². The quantitative estimate of drug-likeness (QED) is 0.882. The molecule has 1 heterocycles. The van der Waals surface area contributed by atoms with Gasteiger partial charge in [0.2, 0.25) is 0 Å². The van der Waals surface area contributed by atoms with E-state index in [0.29, 0.717) is 10.0 Å². The van der Waals surface area contributed by atoms with Crippen molar-refractivity contribution in [2.75, 3.05) is 5.32 Å². The van der Waals surface area contributed by atoms with Gasteiger partial charge in [0.25, 0.3) is 0 Å². The summed E-state index contributed by atoms with van der Waals surface area (Å²) in [6, 6.07) is 5.54. The molecule has 0 aliphatic carbocycles. The number of nitrogens with zero attached hydrogens (tertiary/aromatic N) is 1. The smallest absolute Gasteiger partial charge is 0.183 e. The lowest BCUT2D eigenvalue weighted by Gasteiger charge is -2.15. The van der Waals surface area contributed by atoms with Gasteiger partial charge in [-0.1, -0.05) is 23.2 Å². The molecule has 1 aromatic heterocycles. The molecule has 84 valence electrons. The lowest BCUT2D eigenvalue weighted by Crippen LogP contribution is -2.06. The van der Waals surface area contributed by atoms with E-state index in [-0.39, 0.29) is 6.04 Å². The van der Waals surface area contributed by atoms with Crippen LogP contribution in [0.15, 0.2) is 29.8 Å². The highest BCUT2D eigenvalue weighted by Crippen LogP contribution is 2.28. The first-order valence-electron chi connectivity index (χ1n) is 4.78. The number of nitrogens with one attached hydrogen (secondary N) is 1. The van der Waals surface area contributed by atoms with Gasteiger partial charge in [-0.2, -0.15) is 0 Å². The fourth-order valence-electron chi connectivity index (χ4n) is 1.40. The lowest BCUT2D eigenvalue weighted by atomic mass is 10.1. The molecule has 1 atom stereocenters. The summed E-state index contributed by atoms with van der Waals surface area (Å²) in [6.07, 6.45) is 1.76. The van der Waals surface area contributed by atoms with Gasteiger partial charge in [0, 0.05) is 21.6 Å². The van der Waals surface area contributed by atoms with Gasteiger partial charge in [0.05, 0.1) is 6.04 Å². The molecule has 1 unspecified atom stereocenters. The van der Waals surface area contributed by atoms with Crippen LogP contribution in [0.2, 0.25) is 10.0 Å². The molecule has 0 saturated heterocycles. The molecule has 0 saturated carbocycles. The Labute approximate surface area is 108 Å². The molecule has 1 aromatic carbocycles. The molecular formula is C11H10Cl2N2S. The van der Waals surface area contributed by atoms with Gasteiger partial charge in [0.15, 0.2) is 5.13 Å². The average molecular weight is 273 g/mol. The van der Waals surface area contributed by atoms with Gasteiger partial charge < -0.3 is 5.32 Å². The Balaban J connectivity index is 2.20. The summed E-state index contributed by atoms with van der Waals surface area (Å²) in [7, 11) is 0. The standard InChI is InChI=1S/C11H10Cl2N2S/c1-7(15-11-14-4-5-16-11)9-6-8(12)2-3-10(9)13/h2-7H,1H3,(H,14,15). The number of anilines is 1. The maximum Gasteiger partial charge on any atom is 0.183 e. The lowest BCUT2D eigenvalue weighted by molar-refractivity contribution is 0.882. The van der Waals surface area contributed by atoms with E-state index in [9.17, 15) is 0 Å². The van der Waals surface area contributed by atoms with Crippen LogP contribution in [0, 0.1) is 0 Å². The van der Waals surface area contributed by atoms with Gasteiger partial charge in [-0.15, -0.1) is 11.3 Å². The van der Waals surface area contributed by atoms with Crippen molar-refractivity contribution < 1.29 is 0 Å². The molecule has 5 heteroatoms. The number of thiazole rings is 1. The highest BCUT2D eigenvalue weighted by molar-refractivity contribution is 7.13. The average Bonchev–Trinajstić information content (AvgIpc) is 2.74. The predicted octanol–water partition coefficient (Wildman–Crippen LogP) is 4.62. The van der Waals surface area contributed by atoms with Crippen LogP contribution in [-0.4, -0.2) is 4.98 Å². The first-order chi connectivity index (χ1) is 7.66. The van der Waals surface area contributed by atoms with Gasteiger partial charge in [-0.3, -0.25) is 0 Å². The Bertz CT molecular complexity index is 471. The molecular weight excluding hydrogens is 263 g/mol. The van der Waals surface area contributed by atoms with Crippen LogP contribution in [0.5, 0.6) is 0 Å². The van der Waals surface area contributed by atoms with Crippen LogP contribution in [-0.2, 0) is 0 Å². The van der Waals surface area contributed by atoms with Crippen molar-refractivity contribution in [3.63, 3.8) is 0 Å². The number of benzene rings is 1. The van der Waals surface area contributed by atoms with Crippen LogP contribution in [0.25, 0.3) is 0 Å². The molecule has 0 spiro atoms. The maximum atomic E-state index is 6.12. The molecule has 2 aromatic rings. The second kappa shape index (κ2) is 5.04. The molecule has 2 rings (SSSR count). The molecule has 0 radical (unpaired) electrons. The minimum Gasteiger partial charge on any atom is -0.355 e. The summed E-state index contributed by atoms with van der Waals surface area (Å²) >= 11 is 13.6. The Kier molecular flexibility index (Phi) is 3.69. The highest BCUT2D eigenvalue weighted by atomic mass is 35.5. The molecule has 0 aliphatic heterocycles. The topological polar surface area (TPSA) is 24.9 Å². The van der Waals surface area contributed by atoms with E-state index in [2.05, 4.69) is 10.3 Å². The number of aromatic nitrogens is 1. The fraction of sp³-hybridized carbons (Fsp3) is 0.182. The van der Waals surface area contributed by atoms with Crippen molar-refractivity contribution in [1.29, 1.82) is 0 Å². The number of rotatable bonds is 3. The van der Waals surface area contributed by atoms with E-state index in [1.807, 2.05) is 18.4 Å². The molecule has 1 N–H and O–H groups in total. The minimum absolute atomic E-state index is 0.0809. The minimum atomic E-state index is 0.0809. The first-order valence-corrected chi connectivity index (χ1v) is 6.41. The Morgan fingerprint density at radius 1 is 1.38 bits per heavy atom. The first kappa shape index (κ1) is 11.7. The van der Waals surface area contributed by atoms with E-state index in [4.69, 9.17) is 23.2 Å². The van der Waals surface area contributed by atoms with E-state index in [1.165, 1.54) is 0 Å². The summed E-state index contributed by atoms with van der Waals surface area (Å²) < 4.78 is 0. The Morgan fingerprint density at radius 2 is 2.19 bits per heavy atom. The van der Waals surface area contributed by atoms with Crippen LogP contribution in [0.3, 0.4) is 0 Å². The monoisotopic (exact) mass is 272 g/mol. The third-order valence-electron chi connectivity index (χ3n) is 2.20. The highest BCUT2D eigenvalue weighted by Gasteiger charge is 2.10. The summed E-state index contributed by atoms with van der Waals surface area (Å²) in [6.45, 7) is 2.03. The second-order valence-corrected chi connectivity index (χ2v) is 5.11. The van der Waals surface area contributed by atoms with Crippen molar-refractivity contribution in [3.05, 3.63) is 45.4 Å². The molecule has 0 amide bonds. The fourth-order valence-corrected chi connectivity index (χ4v) is 2.48. The van der Waals surface area contributed by atoms with E-state index in [1.54, 1.807) is 29.7 Å². The zero-order chi connectivity index (χ0) is 11.5. The zero-order valence-electron chi connectivity index (χ0n) is 8.58. The van der Waals surface area contributed by atoms with Crippen molar-refractivity contribution in [3.8, 4) is 0 Å². The Hall–Kier alpha value is -0.770. The Morgan fingerprint density at radius 3 is 2.88 bits per heavy atom. The summed E-state index contributed by atoms with van der Waals surface area (Å²) in [5, 5.41) is 7.47. The van der Waals surface area contributed by atoms with E-state index < -0.39 is 0 Å². The third kappa shape index (κ3) is 2.67. The van der Waals surface area contributed by atoms with Gasteiger partial charge >= 0.3 is 0 Å². The third-order valence-corrected chi connectivity index (χ3v) is 3.48. The van der Waals surface area contributed by atoms with Crippen molar-refractivity contribution in [1.82, 2.24) is 4.98 Å². The normalized spacial score (nSPS) is 12.4. The summed E-state index contributed by atoms with van der Waals surface area (Å²) in [5.74, 6) is 0. The molecule has 0 aliphatic rings. The maximum absolute atomic E-state index is 6.12. The zero-order valence-corrected chi connectivity index (χ0v) is 10.9. The molecule has 0 fully saturated rings. The summed E-state index contributed by atoms with van der Waals surface area (Å²) in [4.78, 5) is 4.17. The van der Waals surface area contributed by atoms with E-state index in [0.717, 1.165) is 10.7 Å². The number of hydrogen-bond donors (Lipinski definition) is 1. The van der Waals surface area contributed by atoms with Gasteiger partial charge in [0.1, 0.15) is 0 Å². The molecule has 16 heavy (non-hydrogen) atoms. The number of hydrogen-bond acceptors (Lipinski definition) is 3. The van der Waals surface area contributed by atoms with E-state index >= 15 is 0 Å². The predicted molar refractivity (Wildman–Crippen MR) is 70.6 cm³/mol. The largest absolute Gasteiger partial charge is 0.355 e. The molecule has 0 bridgehead atoms. The van der Waals surface area contributed by atoms with Crippen LogP contribution in [0.4, 0.5) is 5.13 Å². The van der Waals surface area contributed by atoms with Gasteiger partial charge in [-0.25, -0.2) is 4.98 Å². The van der Waals surface area contributed by atoms with Crippen molar-refractivity contribution >= 4 is 39.7 Å². The van der Waals surface area contributed by atoms with Crippen molar-refractivity contribution in [2.24, 2.45) is 0 Å². The van der Waals surface area contributed by atoms with Crippen LogP contribution >= 0.6 is 34.5 Å². The second-order valence-electron chi connectivity index (χ2n) is 3.37. The summed E-state index contributed by atoms with van der Waals surface area (Å²) in [5.41, 5.74) is 0.976. The SMILES string of the molecule is CC(Nc1nccs1)c1cc(Cl)ccc1Cl. The van der Waals surface area contributed by atoms with Gasteiger partial charge in [-0.05, 0) is 30.7 Å².